The van der Waals surface area contributed by atoms with Gasteiger partial charge in [-0.25, -0.2) is 4.98 Å². The first kappa shape index (κ1) is 20.8. The summed E-state index contributed by atoms with van der Waals surface area (Å²) >= 11 is 1.37. The van der Waals surface area contributed by atoms with Crippen molar-refractivity contribution >= 4 is 22.2 Å². The molecule has 0 unspecified atom stereocenters. The predicted molar refractivity (Wildman–Crippen MR) is 129 cm³/mol. The Morgan fingerprint density at radius 1 is 0.939 bits per heavy atom. The van der Waals surface area contributed by atoms with Crippen LogP contribution < -0.4 is 5.56 Å². The quantitative estimate of drug-likeness (QED) is 0.388. The summed E-state index contributed by atoms with van der Waals surface area (Å²) in [4.78, 5) is 38.1. The van der Waals surface area contributed by atoms with Crippen LogP contribution in [-0.4, -0.2) is 32.2 Å². The van der Waals surface area contributed by atoms with Gasteiger partial charge in [0, 0.05) is 24.8 Å². The van der Waals surface area contributed by atoms with Crippen LogP contribution in [0.25, 0.3) is 16.2 Å². The fourth-order valence-corrected chi connectivity index (χ4v) is 4.78. The van der Waals surface area contributed by atoms with Crippen LogP contribution in [0.1, 0.15) is 27.7 Å². The Morgan fingerprint density at radius 3 is 2.33 bits per heavy atom. The molecule has 0 aliphatic carbocycles. The molecular weight excluding hydrogens is 432 g/mol. The highest BCUT2D eigenvalue weighted by molar-refractivity contribution is 7.15. The van der Waals surface area contributed by atoms with Gasteiger partial charge in [0.15, 0.2) is 4.96 Å². The number of pyridine rings is 1. The van der Waals surface area contributed by atoms with E-state index >= 15 is 0 Å². The molecule has 5 aromatic rings. The van der Waals surface area contributed by atoms with Gasteiger partial charge in [0.05, 0.1) is 17.4 Å². The van der Waals surface area contributed by atoms with Crippen molar-refractivity contribution in [3.63, 3.8) is 0 Å². The summed E-state index contributed by atoms with van der Waals surface area (Å²) in [7, 11) is 1.69. The van der Waals surface area contributed by atoms with E-state index in [-0.39, 0.29) is 11.1 Å². The summed E-state index contributed by atoms with van der Waals surface area (Å²) in [5.41, 5.74) is 2.86. The van der Waals surface area contributed by atoms with Crippen molar-refractivity contribution in [2.24, 2.45) is 0 Å². The van der Waals surface area contributed by atoms with Crippen molar-refractivity contribution in [2.45, 2.75) is 6.04 Å². The second-order valence-corrected chi connectivity index (χ2v) is 8.40. The zero-order valence-corrected chi connectivity index (χ0v) is 18.6. The monoisotopic (exact) mass is 452 g/mol. The molecule has 0 aliphatic rings. The molecule has 162 valence electrons. The highest BCUT2D eigenvalue weighted by atomic mass is 32.1. The third-order valence-electron chi connectivity index (χ3n) is 5.54. The highest BCUT2D eigenvalue weighted by Gasteiger charge is 2.28. The summed E-state index contributed by atoms with van der Waals surface area (Å²) in [5.74, 6) is -0.411. The molecule has 0 radical (unpaired) electrons. The Bertz CT molecular complexity index is 1430. The molecule has 0 saturated carbocycles. The lowest BCUT2D eigenvalue weighted by Gasteiger charge is -2.28. The van der Waals surface area contributed by atoms with Gasteiger partial charge >= 0.3 is 0 Å². The number of carbonyl (C=O) groups is 1. The van der Waals surface area contributed by atoms with Crippen LogP contribution in [-0.2, 0) is 0 Å². The number of benzene rings is 2. The Kier molecular flexibility index (Phi) is 5.54. The smallest absolute Gasteiger partial charge is 0.271 e. The van der Waals surface area contributed by atoms with Gasteiger partial charge in [0.1, 0.15) is 5.56 Å². The third kappa shape index (κ3) is 3.83. The van der Waals surface area contributed by atoms with Crippen molar-refractivity contribution in [2.75, 3.05) is 7.05 Å². The molecule has 0 bridgehead atoms. The van der Waals surface area contributed by atoms with E-state index < -0.39 is 11.9 Å². The van der Waals surface area contributed by atoms with Gasteiger partial charge in [-0.05, 0) is 23.3 Å². The minimum atomic E-state index is -0.448. The number of thiazole rings is 1. The first-order valence-corrected chi connectivity index (χ1v) is 11.3. The van der Waals surface area contributed by atoms with E-state index in [1.807, 2.05) is 84.2 Å². The molecule has 7 heteroatoms. The molecule has 0 saturated heterocycles. The second-order valence-electron chi connectivity index (χ2n) is 7.57. The van der Waals surface area contributed by atoms with E-state index in [2.05, 4.69) is 9.97 Å². The molecule has 0 fully saturated rings. The van der Waals surface area contributed by atoms with Gasteiger partial charge in [-0.15, -0.1) is 11.3 Å². The second kappa shape index (κ2) is 8.80. The maximum Gasteiger partial charge on any atom is 0.271 e. The first-order chi connectivity index (χ1) is 16.1. The fraction of sp³-hybridized carbons (Fsp3) is 0.0769. The summed E-state index contributed by atoms with van der Waals surface area (Å²) in [6, 6.07) is 24.4. The van der Waals surface area contributed by atoms with E-state index in [0.717, 1.165) is 16.8 Å². The summed E-state index contributed by atoms with van der Waals surface area (Å²) < 4.78 is 1.51. The normalized spacial score (nSPS) is 11.9. The van der Waals surface area contributed by atoms with E-state index in [4.69, 9.17) is 0 Å². The summed E-state index contributed by atoms with van der Waals surface area (Å²) in [6.45, 7) is 0. The molecule has 0 spiro atoms. The number of rotatable bonds is 5. The van der Waals surface area contributed by atoms with E-state index in [1.165, 1.54) is 21.9 Å². The van der Waals surface area contributed by atoms with Gasteiger partial charge in [-0.1, -0.05) is 66.7 Å². The van der Waals surface area contributed by atoms with Crippen LogP contribution in [0.3, 0.4) is 0 Å². The Hall–Kier alpha value is -4.10. The molecule has 3 aromatic heterocycles. The minimum absolute atomic E-state index is 0.0162. The number of aromatic nitrogens is 3. The van der Waals surface area contributed by atoms with E-state index in [0.29, 0.717) is 10.7 Å². The van der Waals surface area contributed by atoms with Crippen LogP contribution in [0.2, 0.25) is 0 Å². The first-order valence-electron chi connectivity index (χ1n) is 10.4. The Morgan fingerprint density at radius 2 is 1.64 bits per heavy atom. The lowest BCUT2D eigenvalue weighted by molar-refractivity contribution is 0.0750. The largest absolute Gasteiger partial charge is 0.329 e. The van der Waals surface area contributed by atoms with Crippen LogP contribution in [0, 0.1) is 0 Å². The molecular formula is C26H20N4O2S. The molecule has 3 heterocycles. The molecule has 0 aliphatic heterocycles. The third-order valence-corrected chi connectivity index (χ3v) is 6.38. The zero-order valence-electron chi connectivity index (χ0n) is 17.8. The topological polar surface area (TPSA) is 67.6 Å². The minimum Gasteiger partial charge on any atom is -0.329 e. The Balaban J connectivity index is 1.60. The van der Waals surface area contributed by atoms with Crippen molar-refractivity contribution in [1.29, 1.82) is 0 Å². The lowest BCUT2D eigenvalue weighted by Crippen LogP contribution is -2.36. The predicted octanol–water partition coefficient (Wildman–Crippen LogP) is 4.68. The molecule has 5 rings (SSSR count). The van der Waals surface area contributed by atoms with Gasteiger partial charge < -0.3 is 4.90 Å². The maximum absolute atomic E-state index is 13.6. The van der Waals surface area contributed by atoms with Crippen molar-refractivity contribution < 1.29 is 4.79 Å². The molecule has 1 atom stereocenters. The molecule has 0 N–H and O–H groups in total. The van der Waals surface area contributed by atoms with Crippen molar-refractivity contribution in [3.05, 3.63) is 124 Å². The average molecular weight is 453 g/mol. The van der Waals surface area contributed by atoms with Crippen LogP contribution >= 0.6 is 11.3 Å². The van der Waals surface area contributed by atoms with Gasteiger partial charge in [-0.3, -0.25) is 19.0 Å². The summed E-state index contributed by atoms with van der Waals surface area (Å²) in [5, 5.41) is 1.89. The SMILES string of the molecule is CN(C(=O)c1cnc2scc(-c3ccccc3)n2c1=O)[C@@H](c1ccccc1)c1ccccn1. The molecule has 2 aromatic carbocycles. The van der Waals surface area contributed by atoms with E-state index in [9.17, 15) is 9.59 Å². The number of carbonyl (C=O) groups excluding carboxylic acids is 1. The van der Waals surface area contributed by atoms with Gasteiger partial charge in [-0.2, -0.15) is 0 Å². The van der Waals surface area contributed by atoms with Crippen molar-refractivity contribution in [3.8, 4) is 11.3 Å². The molecule has 1 amide bonds. The summed E-state index contributed by atoms with van der Waals surface area (Å²) in [6.07, 6.45) is 3.08. The zero-order chi connectivity index (χ0) is 22.8. The lowest BCUT2D eigenvalue weighted by atomic mass is 10.0. The van der Waals surface area contributed by atoms with Crippen LogP contribution in [0.15, 0.2) is 101 Å². The number of amides is 1. The number of hydrogen-bond donors (Lipinski definition) is 0. The molecule has 33 heavy (non-hydrogen) atoms. The van der Waals surface area contributed by atoms with E-state index in [1.54, 1.807) is 18.1 Å². The number of hydrogen-bond acceptors (Lipinski definition) is 5. The standard InChI is InChI=1S/C26H20N4O2S/c1-29(23(19-12-6-3-7-13-19)21-14-8-9-15-27-21)24(31)20-16-28-26-30(25(20)32)22(17-33-26)18-10-4-2-5-11-18/h2-17,23H,1H3/t23-/m0/s1. The highest BCUT2D eigenvalue weighted by Crippen LogP contribution is 2.28. The van der Waals surface area contributed by atoms with Crippen LogP contribution in [0.4, 0.5) is 0 Å². The maximum atomic E-state index is 13.6. The van der Waals surface area contributed by atoms with Gasteiger partial charge in [0.25, 0.3) is 11.5 Å². The fourth-order valence-electron chi connectivity index (χ4n) is 3.92. The Labute approximate surface area is 194 Å². The van der Waals surface area contributed by atoms with Crippen molar-refractivity contribution in [1.82, 2.24) is 19.3 Å². The van der Waals surface area contributed by atoms with Crippen LogP contribution in [0.5, 0.6) is 0 Å². The number of fused-ring (bicyclic) bond motifs is 1. The number of nitrogens with zero attached hydrogens (tertiary/aromatic N) is 4. The average Bonchev–Trinajstić information content (AvgIpc) is 3.31. The molecule has 6 nitrogen and oxygen atoms in total. The van der Waals surface area contributed by atoms with Gasteiger partial charge in [0.2, 0.25) is 0 Å².